The maximum absolute atomic E-state index is 13.2. The number of piperidine rings is 2. The Morgan fingerprint density at radius 3 is 2.67 bits per heavy atom. The van der Waals surface area contributed by atoms with Crippen LogP contribution in [0.3, 0.4) is 0 Å². The molecule has 3 aliphatic heterocycles. The number of nitrogens with zero attached hydrogens (tertiary/aromatic N) is 4. The molecule has 5 heterocycles. The zero-order valence-corrected chi connectivity index (χ0v) is 31.5. The highest BCUT2D eigenvalue weighted by Gasteiger charge is 2.46. The fourth-order valence-corrected chi connectivity index (χ4v) is 7.87. The van der Waals surface area contributed by atoms with Crippen molar-refractivity contribution >= 4 is 62.3 Å². The number of anilines is 1. The van der Waals surface area contributed by atoms with Crippen LogP contribution in [0.25, 0.3) is 22.2 Å². The van der Waals surface area contributed by atoms with E-state index in [4.69, 9.17) is 9.72 Å². The van der Waals surface area contributed by atoms with Crippen LogP contribution < -0.4 is 20.7 Å². The monoisotopic (exact) mass is 798 g/mol. The van der Waals surface area contributed by atoms with Crippen LogP contribution in [0.15, 0.2) is 59.3 Å². The third-order valence-electron chi connectivity index (χ3n) is 10.2. The maximum atomic E-state index is 13.2. The Kier molecular flexibility index (Phi) is 11.6. The van der Waals surface area contributed by atoms with Crippen molar-refractivity contribution in [3.8, 4) is 17.0 Å². The van der Waals surface area contributed by atoms with Crippen LogP contribution in [-0.4, -0.2) is 99.2 Å². The number of para-hydroxylation sites is 1. The van der Waals surface area contributed by atoms with Crippen LogP contribution in [-0.2, 0) is 14.4 Å². The van der Waals surface area contributed by atoms with Gasteiger partial charge in [-0.1, -0.05) is 43.5 Å². The smallest absolute Gasteiger partial charge is 0.266 e. The molecule has 2 aromatic heterocycles. The van der Waals surface area contributed by atoms with E-state index in [1.807, 2.05) is 24.5 Å². The van der Waals surface area contributed by atoms with E-state index in [1.54, 1.807) is 6.07 Å². The van der Waals surface area contributed by atoms with E-state index in [0.717, 1.165) is 96.1 Å². The van der Waals surface area contributed by atoms with Crippen molar-refractivity contribution < 1.29 is 28.7 Å². The van der Waals surface area contributed by atoms with Crippen LogP contribution in [0.5, 0.6) is 5.75 Å². The second kappa shape index (κ2) is 16.9. The lowest BCUT2D eigenvalue weighted by molar-refractivity contribution is -0.136. The van der Waals surface area contributed by atoms with Crippen LogP contribution >= 0.6 is 15.9 Å². The van der Waals surface area contributed by atoms with Gasteiger partial charge in [-0.2, -0.15) is 0 Å². The lowest BCUT2D eigenvalue weighted by Gasteiger charge is -2.33. The van der Waals surface area contributed by atoms with Crippen LogP contribution in [0.1, 0.15) is 78.5 Å². The first-order chi connectivity index (χ1) is 26.3. The summed E-state index contributed by atoms with van der Waals surface area (Å²) in [6.07, 6.45) is 11.2. The highest BCUT2D eigenvalue weighted by Crippen LogP contribution is 2.34. The average Bonchev–Trinajstić information content (AvgIpc) is 3.71. The predicted octanol–water partition coefficient (Wildman–Crippen LogP) is 4.81. The summed E-state index contributed by atoms with van der Waals surface area (Å²) in [5.74, 6) is -2.02. The summed E-state index contributed by atoms with van der Waals surface area (Å²) in [6.45, 7) is 3.26. The number of fused-ring (bicyclic) bond motifs is 2. The molecule has 1 unspecified atom stereocenters. The molecule has 5 amide bonds. The molecule has 14 nitrogen and oxygen atoms in total. The Labute approximate surface area is 320 Å². The summed E-state index contributed by atoms with van der Waals surface area (Å²) in [4.78, 5) is 78.8. The van der Waals surface area contributed by atoms with E-state index in [0.29, 0.717) is 12.5 Å². The number of halogens is 1. The normalized spacial score (nSPS) is 18.9. The van der Waals surface area contributed by atoms with Crippen molar-refractivity contribution in [2.24, 2.45) is 0 Å². The largest absolute Gasteiger partial charge is 0.483 e. The number of carbonyl (C=O) groups excluding carboxylic acids is 5. The van der Waals surface area contributed by atoms with Gasteiger partial charge in [-0.3, -0.25) is 34.2 Å². The fraction of sp³-hybridized carbons (Fsp3) is 0.410. The predicted molar refractivity (Wildman–Crippen MR) is 205 cm³/mol. The number of aromatic nitrogens is 3. The molecule has 15 heteroatoms. The zero-order chi connectivity index (χ0) is 37.6. The van der Waals surface area contributed by atoms with Gasteiger partial charge in [0.2, 0.25) is 17.8 Å². The number of hydrogen-bond donors (Lipinski definition) is 4. The molecular formula is C39H43BrN8O6. The summed E-state index contributed by atoms with van der Waals surface area (Å²) in [5.41, 5.74) is 3.09. The molecule has 0 radical (unpaired) electrons. The van der Waals surface area contributed by atoms with Gasteiger partial charge in [0.25, 0.3) is 17.7 Å². The summed E-state index contributed by atoms with van der Waals surface area (Å²) < 4.78 is 6.52. The number of hydrogen-bond acceptors (Lipinski definition) is 10. The Morgan fingerprint density at radius 1 is 0.963 bits per heavy atom. The Bertz CT molecular complexity index is 2070. The van der Waals surface area contributed by atoms with E-state index in [1.165, 1.54) is 12.1 Å². The number of rotatable bonds is 15. The van der Waals surface area contributed by atoms with Gasteiger partial charge < -0.3 is 25.3 Å². The number of benzene rings is 2. The number of ether oxygens (including phenoxy) is 1. The maximum Gasteiger partial charge on any atom is 0.266 e. The number of unbranched alkanes of at least 4 members (excludes halogenated alkanes) is 4. The van der Waals surface area contributed by atoms with E-state index < -0.39 is 29.7 Å². The third kappa shape index (κ3) is 8.31. The van der Waals surface area contributed by atoms with Gasteiger partial charge in [0.1, 0.15) is 11.8 Å². The highest BCUT2D eigenvalue weighted by molar-refractivity contribution is 9.10. The molecule has 4 aromatic rings. The van der Waals surface area contributed by atoms with Crippen molar-refractivity contribution in [1.29, 1.82) is 0 Å². The van der Waals surface area contributed by atoms with Crippen molar-refractivity contribution in [2.45, 2.75) is 69.9 Å². The molecule has 0 spiro atoms. The first-order valence-electron chi connectivity index (χ1n) is 18.6. The summed E-state index contributed by atoms with van der Waals surface area (Å²) in [5, 5.41) is 9.74. The summed E-state index contributed by atoms with van der Waals surface area (Å²) in [7, 11) is 0. The SMILES string of the molecule is O=C(COc1cccc2c1C(=O)N(C1CCC(=O)NC1=O)C2=O)NCCCCCCCN1CCC[C@H](Nc2ncc(Br)c(-c3c[nH]c4ccccc34)n2)C1. The molecule has 0 aliphatic carbocycles. The van der Waals surface area contributed by atoms with E-state index in [9.17, 15) is 24.0 Å². The van der Waals surface area contributed by atoms with E-state index in [-0.39, 0.29) is 48.3 Å². The molecule has 2 fully saturated rings. The minimum atomic E-state index is -1.07. The Hall–Kier alpha value is -5.15. The number of aromatic amines is 1. The molecule has 4 N–H and O–H groups in total. The number of carbonyl (C=O) groups is 5. The van der Waals surface area contributed by atoms with E-state index in [2.05, 4.69) is 58.9 Å². The molecule has 2 atom stereocenters. The van der Waals surface area contributed by atoms with Crippen molar-refractivity contribution in [2.75, 3.05) is 38.1 Å². The van der Waals surface area contributed by atoms with Crippen LogP contribution in [0, 0.1) is 0 Å². The van der Waals surface area contributed by atoms with Gasteiger partial charge in [-0.25, -0.2) is 9.97 Å². The Morgan fingerprint density at radius 2 is 1.80 bits per heavy atom. The molecule has 282 valence electrons. The molecule has 54 heavy (non-hydrogen) atoms. The van der Waals surface area contributed by atoms with Gasteiger partial charge in [-0.15, -0.1) is 0 Å². The van der Waals surface area contributed by atoms with Gasteiger partial charge >= 0.3 is 0 Å². The number of likely N-dealkylation sites (tertiary alicyclic amines) is 1. The van der Waals surface area contributed by atoms with Gasteiger partial charge in [0, 0.05) is 54.4 Å². The van der Waals surface area contributed by atoms with Crippen molar-refractivity contribution in [3.05, 3.63) is 70.5 Å². The summed E-state index contributed by atoms with van der Waals surface area (Å²) in [6, 6.07) is 12.0. The number of amides is 5. The molecule has 0 saturated carbocycles. The average molecular weight is 800 g/mol. The highest BCUT2D eigenvalue weighted by atomic mass is 79.9. The fourth-order valence-electron chi connectivity index (χ4n) is 7.47. The zero-order valence-electron chi connectivity index (χ0n) is 29.9. The molecular weight excluding hydrogens is 756 g/mol. The quantitative estimate of drug-likeness (QED) is 0.0964. The Balaban J connectivity index is 0.784. The van der Waals surface area contributed by atoms with Gasteiger partial charge in [0.15, 0.2) is 6.61 Å². The van der Waals surface area contributed by atoms with Crippen molar-refractivity contribution in [1.82, 2.24) is 35.4 Å². The molecule has 3 aliphatic rings. The number of H-pyrrole nitrogens is 1. The lowest BCUT2D eigenvalue weighted by Crippen LogP contribution is -2.54. The minimum absolute atomic E-state index is 0.0193. The topological polar surface area (TPSA) is 179 Å². The van der Waals surface area contributed by atoms with E-state index >= 15 is 0 Å². The van der Waals surface area contributed by atoms with Crippen LogP contribution in [0.4, 0.5) is 5.95 Å². The van der Waals surface area contributed by atoms with Crippen LogP contribution in [0.2, 0.25) is 0 Å². The molecule has 7 rings (SSSR count). The summed E-state index contributed by atoms with van der Waals surface area (Å²) >= 11 is 3.64. The number of imide groups is 2. The number of nitrogens with one attached hydrogen (secondary N) is 4. The lowest BCUT2D eigenvalue weighted by atomic mass is 10.0. The minimum Gasteiger partial charge on any atom is -0.483 e. The standard InChI is InChI=1S/C39H43BrN8O6/c40-28-21-43-39(46-35(28)27-20-42-29-13-5-4-11-25(27)29)44-24-10-9-19-47(22-24)18-7-3-1-2-6-17-41-33(50)23-54-31-14-8-12-26-34(31)38(53)48(37(26)52)30-15-16-32(49)45-36(30)51/h4-5,8,11-14,20-21,24,30,42H,1-3,6-7,9-10,15-19,22-23H2,(H,41,50)(H,43,44,46)(H,45,49,51)/t24-,30?/m0/s1. The van der Waals surface area contributed by atoms with Crippen molar-refractivity contribution in [3.63, 3.8) is 0 Å². The second-order valence-electron chi connectivity index (χ2n) is 14.0. The molecule has 0 bridgehead atoms. The first kappa shape index (κ1) is 37.2. The van der Waals surface area contributed by atoms with Gasteiger partial charge in [-0.05, 0) is 79.3 Å². The molecule has 2 aromatic carbocycles. The first-order valence-corrected chi connectivity index (χ1v) is 19.4. The second-order valence-corrected chi connectivity index (χ2v) is 14.8. The third-order valence-corrected chi connectivity index (χ3v) is 10.8. The molecule has 2 saturated heterocycles. The van der Waals surface area contributed by atoms with Gasteiger partial charge in [0.05, 0.1) is 21.3 Å².